The van der Waals surface area contributed by atoms with Gasteiger partial charge >= 0.3 is 12.1 Å². The number of nitrogens with one attached hydrogen (secondary N) is 1. The zero-order valence-electron chi connectivity index (χ0n) is 16.6. The first-order valence-corrected chi connectivity index (χ1v) is 9.91. The van der Waals surface area contributed by atoms with Crippen molar-refractivity contribution in [2.75, 3.05) is 13.2 Å². The van der Waals surface area contributed by atoms with Gasteiger partial charge < -0.3 is 14.8 Å². The Kier molecular flexibility index (Phi) is 9.30. The lowest BCUT2D eigenvalue weighted by Crippen LogP contribution is -2.53. The molecule has 0 aromatic heterocycles. The lowest BCUT2D eigenvalue weighted by molar-refractivity contribution is -0.151. The quantitative estimate of drug-likeness (QED) is 0.443. The maximum absolute atomic E-state index is 12.5. The molecule has 0 spiro atoms. The highest BCUT2D eigenvalue weighted by Crippen LogP contribution is 2.31. The number of hydrogen-bond acceptors (Lipinski definition) is 4. The van der Waals surface area contributed by atoms with Crippen molar-refractivity contribution < 1.29 is 19.1 Å². The Morgan fingerprint density at radius 3 is 2.16 bits per heavy atom. The molecule has 1 aliphatic rings. The highest BCUT2D eigenvalue weighted by Gasteiger charge is 2.44. The second-order valence-corrected chi connectivity index (χ2v) is 8.45. The molecule has 1 aliphatic carbocycles. The number of rotatable bonds is 10. The summed E-state index contributed by atoms with van der Waals surface area (Å²) in [6, 6.07) is 0. The maximum Gasteiger partial charge on any atom is 0.408 e. The summed E-state index contributed by atoms with van der Waals surface area (Å²) in [7, 11) is 0. The second kappa shape index (κ2) is 10.7. The lowest BCUT2D eigenvalue weighted by Gasteiger charge is -2.28. The van der Waals surface area contributed by atoms with Crippen LogP contribution in [-0.2, 0) is 14.3 Å². The molecule has 0 bridgehead atoms. The van der Waals surface area contributed by atoms with Crippen molar-refractivity contribution in [3.63, 3.8) is 0 Å². The molecule has 0 radical (unpaired) electrons. The Morgan fingerprint density at radius 1 is 0.960 bits per heavy atom. The van der Waals surface area contributed by atoms with Gasteiger partial charge in [-0.25, -0.2) is 9.59 Å². The summed E-state index contributed by atoms with van der Waals surface area (Å²) < 4.78 is 10.7. The molecule has 146 valence electrons. The van der Waals surface area contributed by atoms with E-state index < -0.39 is 11.6 Å². The minimum atomic E-state index is -0.892. The third-order valence-electron chi connectivity index (χ3n) is 4.56. The largest absolute Gasteiger partial charge is 0.464 e. The molecule has 0 aromatic carbocycles. The Morgan fingerprint density at radius 2 is 1.56 bits per heavy atom. The van der Waals surface area contributed by atoms with Crippen LogP contribution in [0.4, 0.5) is 4.79 Å². The molecule has 5 nitrogen and oxygen atoms in total. The summed E-state index contributed by atoms with van der Waals surface area (Å²) in [4.78, 5) is 24.6. The smallest absolute Gasteiger partial charge is 0.408 e. The predicted molar refractivity (Wildman–Crippen MR) is 99.5 cm³/mol. The fourth-order valence-corrected chi connectivity index (χ4v) is 3.06. The second-order valence-electron chi connectivity index (χ2n) is 8.45. The van der Waals surface area contributed by atoms with Gasteiger partial charge in [-0.05, 0) is 24.7 Å². The molecule has 1 N–H and O–H groups in total. The molecule has 0 heterocycles. The Labute approximate surface area is 153 Å². The predicted octanol–water partition coefficient (Wildman–Crippen LogP) is 4.98. The summed E-state index contributed by atoms with van der Waals surface area (Å²) in [5, 5.41) is 2.80. The summed E-state index contributed by atoms with van der Waals surface area (Å²) in [6.07, 6.45) is 9.49. The van der Waals surface area contributed by atoms with Gasteiger partial charge in [0.05, 0.1) is 13.2 Å². The number of carbonyl (C=O) groups is 2. The van der Waals surface area contributed by atoms with Crippen LogP contribution in [0.15, 0.2) is 0 Å². The molecule has 1 amide bonds. The van der Waals surface area contributed by atoms with E-state index in [2.05, 4.69) is 12.2 Å². The van der Waals surface area contributed by atoms with Crippen LogP contribution in [0.5, 0.6) is 0 Å². The molecule has 0 aromatic rings. The first kappa shape index (κ1) is 21.8. The van der Waals surface area contributed by atoms with Gasteiger partial charge in [0.15, 0.2) is 0 Å². The number of esters is 1. The van der Waals surface area contributed by atoms with Gasteiger partial charge in [-0.3, -0.25) is 0 Å². The normalized spacial score (nSPS) is 16.5. The summed E-state index contributed by atoms with van der Waals surface area (Å²) in [5.74, 6) is -0.300. The van der Waals surface area contributed by atoms with Crippen LogP contribution in [-0.4, -0.2) is 30.8 Å². The van der Waals surface area contributed by atoms with E-state index in [4.69, 9.17) is 9.47 Å². The molecule has 5 heteroatoms. The van der Waals surface area contributed by atoms with Gasteiger partial charge in [0, 0.05) is 0 Å². The van der Waals surface area contributed by atoms with Gasteiger partial charge in [0.1, 0.15) is 5.54 Å². The lowest BCUT2D eigenvalue weighted by atomic mass is 9.98. The minimum absolute atomic E-state index is 0.0987. The molecule has 1 fully saturated rings. The van der Waals surface area contributed by atoms with E-state index >= 15 is 0 Å². The first-order chi connectivity index (χ1) is 11.8. The number of unbranched alkanes of at least 4 members (excludes halogenated alkanes) is 5. The molecule has 25 heavy (non-hydrogen) atoms. The Bertz CT molecular complexity index is 408. The maximum atomic E-state index is 12.5. The van der Waals surface area contributed by atoms with Crippen molar-refractivity contribution in [3.05, 3.63) is 0 Å². The van der Waals surface area contributed by atoms with Gasteiger partial charge in [0.2, 0.25) is 0 Å². The summed E-state index contributed by atoms with van der Waals surface area (Å²) in [6.45, 7) is 8.96. The third-order valence-corrected chi connectivity index (χ3v) is 4.56. The average molecular weight is 356 g/mol. The highest BCUT2D eigenvalue weighted by atomic mass is 16.6. The van der Waals surface area contributed by atoms with Gasteiger partial charge in [0.25, 0.3) is 0 Å². The van der Waals surface area contributed by atoms with Gasteiger partial charge in [-0.2, -0.15) is 0 Å². The van der Waals surface area contributed by atoms with E-state index in [1.54, 1.807) is 0 Å². The molecule has 1 saturated carbocycles. The van der Waals surface area contributed by atoms with E-state index in [0.29, 0.717) is 26.1 Å². The number of amides is 1. The van der Waals surface area contributed by atoms with Crippen LogP contribution in [0.25, 0.3) is 0 Å². The average Bonchev–Trinajstić information content (AvgIpc) is 3.01. The number of hydrogen-bond donors (Lipinski definition) is 1. The van der Waals surface area contributed by atoms with E-state index in [1.165, 1.54) is 25.7 Å². The van der Waals surface area contributed by atoms with Crippen LogP contribution in [0.1, 0.15) is 91.9 Å². The van der Waals surface area contributed by atoms with Crippen molar-refractivity contribution in [2.24, 2.45) is 5.41 Å². The SMILES string of the molecule is CCCCCCCCOC(=O)C1(NC(=O)OCC(C)(C)C)CCCC1. The van der Waals surface area contributed by atoms with Crippen LogP contribution in [0, 0.1) is 5.41 Å². The molecular weight excluding hydrogens is 318 g/mol. The van der Waals surface area contributed by atoms with Crippen molar-refractivity contribution in [3.8, 4) is 0 Å². The Hall–Kier alpha value is -1.26. The summed E-state index contributed by atoms with van der Waals surface area (Å²) >= 11 is 0. The molecular formula is C20H37NO4. The fourth-order valence-electron chi connectivity index (χ4n) is 3.06. The van der Waals surface area contributed by atoms with Crippen molar-refractivity contribution in [1.29, 1.82) is 0 Å². The number of alkyl carbamates (subject to hydrolysis) is 1. The van der Waals surface area contributed by atoms with Crippen molar-refractivity contribution >= 4 is 12.1 Å². The molecule has 0 saturated heterocycles. The van der Waals surface area contributed by atoms with Gasteiger partial charge in [-0.1, -0.05) is 72.6 Å². The fraction of sp³-hybridized carbons (Fsp3) is 0.900. The first-order valence-electron chi connectivity index (χ1n) is 9.91. The van der Waals surface area contributed by atoms with E-state index in [1.807, 2.05) is 20.8 Å². The van der Waals surface area contributed by atoms with Crippen LogP contribution in [0.2, 0.25) is 0 Å². The van der Waals surface area contributed by atoms with E-state index in [-0.39, 0.29) is 11.4 Å². The monoisotopic (exact) mass is 355 g/mol. The van der Waals surface area contributed by atoms with Crippen LogP contribution >= 0.6 is 0 Å². The van der Waals surface area contributed by atoms with Crippen molar-refractivity contribution in [2.45, 2.75) is 97.4 Å². The van der Waals surface area contributed by atoms with Crippen LogP contribution < -0.4 is 5.32 Å². The van der Waals surface area contributed by atoms with Crippen molar-refractivity contribution in [1.82, 2.24) is 5.32 Å². The molecule has 0 atom stereocenters. The number of ether oxygens (including phenoxy) is 2. The number of carbonyl (C=O) groups excluding carboxylic acids is 2. The Balaban J connectivity index is 2.38. The molecule has 0 unspecified atom stereocenters. The molecule has 1 rings (SSSR count). The van der Waals surface area contributed by atoms with E-state index in [9.17, 15) is 9.59 Å². The third kappa shape index (κ3) is 8.59. The van der Waals surface area contributed by atoms with Gasteiger partial charge in [-0.15, -0.1) is 0 Å². The summed E-state index contributed by atoms with van der Waals surface area (Å²) in [5.41, 5.74) is -0.990. The van der Waals surface area contributed by atoms with Crippen LogP contribution in [0.3, 0.4) is 0 Å². The minimum Gasteiger partial charge on any atom is -0.464 e. The zero-order valence-corrected chi connectivity index (χ0v) is 16.6. The van der Waals surface area contributed by atoms with E-state index in [0.717, 1.165) is 25.7 Å². The standard InChI is InChI=1S/C20H37NO4/c1-5-6-7-8-9-12-15-24-17(22)20(13-10-11-14-20)21-18(23)25-16-19(2,3)4/h5-16H2,1-4H3,(H,21,23). The topological polar surface area (TPSA) is 64.6 Å². The molecule has 0 aliphatic heterocycles. The zero-order chi connectivity index (χ0) is 18.8. The highest BCUT2D eigenvalue weighted by molar-refractivity contribution is 5.86.